The molecule has 0 bridgehead atoms. The van der Waals surface area contributed by atoms with E-state index >= 15 is 0 Å². The third-order valence-corrected chi connectivity index (χ3v) is 4.61. The van der Waals surface area contributed by atoms with Crippen LogP contribution in [0.5, 0.6) is 0 Å². The molecule has 6 nitrogen and oxygen atoms in total. The van der Waals surface area contributed by atoms with Gasteiger partial charge in [0.15, 0.2) is 0 Å². The van der Waals surface area contributed by atoms with Crippen LogP contribution >= 0.6 is 0 Å². The lowest BCUT2D eigenvalue weighted by Gasteiger charge is -2.35. The number of likely N-dealkylation sites (N-methyl/N-ethyl adjacent to an activating group) is 1. The van der Waals surface area contributed by atoms with Crippen LogP contribution in [0.1, 0.15) is 29.3 Å². The van der Waals surface area contributed by atoms with Gasteiger partial charge in [-0.25, -0.2) is 0 Å². The van der Waals surface area contributed by atoms with Crippen molar-refractivity contribution in [1.82, 2.24) is 14.7 Å². The van der Waals surface area contributed by atoms with Crippen LogP contribution in [0, 0.1) is 11.3 Å². The molecule has 25 heavy (non-hydrogen) atoms. The number of hydrogen-bond donors (Lipinski definition) is 0. The summed E-state index contributed by atoms with van der Waals surface area (Å²) < 4.78 is 0. The van der Waals surface area contributed by atoms with Crippen molar-refractivity contribution in [3.05, 3.63) is 35.4 Å². The third-order valence-electron chi connectivity index (χ3n) is 4.61. The Bertz CT molecular complexity index is 628. The fourth-order valence-corrected chi connectivity index (χ4v) is 2.83. The van der Waals surface area contributed by atoms with Crippen LogP contribution in [0.25, 0.3) is 0 Å². The second-order valence-electron chi connectivity index (χ2n) is 6.34. The molecule has 0 aromatic heterocycles. The van der Waals surface area contributed by atoms with Gasteiger partial charge in [-0.15, -0.1) is 0 Å². The van der Waals surface area contributed by atoms with Gasteiger partial charge in [0.25, 0.3) is 5.91 Å². The first-order valence-corrected chi connectivity index (χ1v) is 8.76. The monoisotopic (exact) mass is 342 g/mol. The van der Waals surface area contributed by atoms with Crippen molar-refractivity contribution in [1.29, 1.82) is 5.26 Å². The van der Waals surface area contributed by atoms with Gasteiger partial charge in [-0.05, 0) is 24.1 Å². The zero-order valence-corrected chi connectivity index (χ0v) is 15.1. The zero-order valence-electron chi connectivity index (χ0n) is 15.1. The van der Waals surface area contributed by atoms with Gasteiger partial charge in [-0.1, -0.05) is 19.1 Å². The quantitative estimate of drug-likeness (QED) is 0.783. The molecule has 0 aliphatic carbocycles. The summed E-state index contributed by atoms with van der Waals surface area (Å²) in [6, 6.07) is 9.83. The Balaban J connectivity index is 1.81. The number of aryl methyl sites for hydroxylation is 1. The number of piperazine rings is 1. The predicted octanol–water partition coefficient (Wildman–Crippen LogP) is 1.38. The summed E-state index contributed by atoms with van der Waals surface area (Å²) in [6.07, 6.45) is 1.31. The van der Waals surface area contributed by atoms with Crippen molar-refractivity contribution in [3.8, 4) is 6.07 Å². The number of carbonyl (C=O) groups excluding carboxylic acids is 2. The second kappa shape index (κ2) is 9.19. The van der Waals surface area contributed by atoms with E-state index in [1.165, 1.54) is 5.56 Å². The number of benzene rings is 1. The van der Waals surface area contributed by atoms with E-state index in [1.807, 2.05) is 35.2 Å². The molecule has 1 saturated heterocycles. The first kappa shape index (κ1) is 18.9. The Hall–Kier alpha value is -2.39. The first-order chi connectivity index (χ1) is 12.0. The number of rotatable bonds is 6. The molecule has 0 saturated carbocycles. The van der Waals surface area contributed by atoms with E-state index in [0.29, 0.717) is 45.7 Å². The molecule has 6 heteroatoms. The molecule has 0 radical (unpaired) electrons. The number of carbonyl (C=O) groups is 2. The summed E-state index contributed by atoms with van der Waals surface area (Å²) in [5, 5.41) is 8.59. The fraction of sp³-hybridized carbons (Fsp3) is 0.526. The average Bonchev–Trinajstić information content (AvgIpc) is 2.66. The minimum absolute atomic E-state index is 0.0187. The maximum atomic E-state index is 12.6. The molecular weight excluding hydrogens is 316 g/mol. The van der Waals surface area contributed by atoms with E-state index in [2.05, 4.69) is 11.8 Å². The molecule has 0 atom stereocenters. The van der Waals surface area contributed by atoms with E-state index in [4.69, 9.17) is 5.26 Å². The molecule has 1 aliphatic rings. The number of hydrogen-bond acceptors (Lipinski definition) is 4. The molecule has 1 heterocycles. The molecule has 0 unspecified atom stereocenters. The van der Waals surface area contributed by atoms with Gasteiger partial charge in [0.1, 0.15) is 0 Å². The topological polar surface area (TPSA) is 67.7 Å². The normalized spacial score (nSPS) is 14.8. The summed E-state index contributed by atoms with van der Waals surface area (Å²) in [5.41, 5.74) is 1.94. The number of nitriles is 1. The summed E-state index contributed by atoms with van der Waals surface area (Å²) >= 11 is 0. The van der Waals surface area contributed by atoms with Crippen LogP contribution in [0.4, 0.5) is 0 Å². The summed E-state index contributed by atoms with van der Waals surface area (Å²) in [6.45, 7) is 5.53. The van der Waals surface area contributed by atoms with Crippen molar-refractivity contribution in [2.75, 3.05) is 46.3 Å². The zero-order chi connectivity index (χ0) is 18.2. The smallest absolute Gasteiger partial charge is 0.253 e. The highest BCUT2D eigenvalue weighted by Gasteiger charge is 2.24. The molecule has 1 aromatic rings. The maximum absolute atomic E-state index is 12.6. The molecule has 134 valence electrons. The lowest BCUT2D eigenvalue weighted by atomic mass is 10.1. The first-order valence-electron chi connectivity index (χ1n) is 8.76. The van der Waals surface area contributed by atoms with Gasteiger partial charge in [0, 0.05) is 45.3 Å². The Morgan fingerprint density at radius 3 is 2.36 bits per heavy atom. The molecule has 2 amide bonds. The molecule has 1 aromatic carbocycles. The molecule has 1 fully saturated rings. The second-order valence-corrected chi connectivity index (χ2v) is 6.34. The van der Waals surface area contributed by atoms with Crippen LogP contribution in [0.15, 0.2) is 24.3 Å². The van der Waals surface area contributed by atoms with E-state index in [0.717, 1.165) is 12.0 Å². The minimum Gasteiger partial charge on any atom is -0.344 e. The predicted molar refractivity (Wildman–Crippen MR) is 96.0 cm³/mol. The van der Waals surface area contributed by atoms with Gasteiger partial charge in [0.2, 0.25) is 5.91 Å². The Morgan fingerprint density at radius 1 is 1.16 bits per heavy atom. The highest BCUT2D eigenvalue weighted by molar-refractivity contribution is 5.94. The van der Waals surface area contributed by atoms with Crippen molar-refractivity contribution >= 4 is 11.8 Å². The van der Waals surface area contributed by atoms with E-state index < -0.39 is 0 Å². The highest BCUT2D eigenvalue weighted by Crippen LogP contribution is 2.11. The van der Waals surface area contributed by atoms with E-state index in [1.54, 1.807) is 11.9 Å². The number of amides is 2. The van der Waals surface area contributed by atoms with Gasteiger partial charge < -0.3 is 9.80 Å². The SMILES string of the molecule is CCc1ccc(C(=O)N2CCN(CC(=O)N(C)CCC#N)CC2)cc1. The van der Waals surface area contributed by atoms with E-state index in [9.17, 15) is 9.59 Å². The van der Waals surface area contributed by atoms with Crippen molar-refractivity contribution in [2.45, 2.75) is 19.8 Å². The van der Waals surface area contributed by atoms with Gasteiger partial charge in [-0.3, -0.25) is 14.5 Å². The highest BCUT2D eigenvalue weighted by atomic mass is 16.2. The largest absolute Gasteiger partial charge is 0.344 e. The summed E-state index contributed by atoms with van der Waals surface area (Å²) in [7, 11) is 1.72. The van der Waals surface area contributed by atoms with Gasteiger partial charge >= 0.3 is 0 Å². The van der Waals surface area contributed by atoms with Crippen LogP contribution in [0.3, 0.4) is 0 Å². The van der Waals surface area contributed by atoms with Crippen molar-refractivity contribution in [3.63, 3.8) is 0 Å². The lowest BCUT2D eigenvalue weighted by molar-refractivity contribution is -0.131. The molecular formula is C19H26N4O2. The molecule has 0 N–H and O–H groups in total. The van der Waals surface area contributed by atoms with E-state index in [-0.39, 0.29) is 11.8 Å². The van der Waals surface area contributed by atoms with Crippen LogP contribution < -0.4 is 0 Å². The molecule has 1 aliphatic heterocycles. The van der Waals surface area contributed by atoms with Gasteiger partial charge in [0.05, 0.1) is 19.0 Å². The Kier molecular flexibility index (Phi) is 6.96. The minimum atomic E-state index is 0.0187. The lowest BCUT2D eigenvalue weighted by Crippen LogP contribution is -2.51. The molecule has 0 spiro atoms. The van der Waals surface area contributed by atoms with Crippen LogP contribution in [-0.2, 0) is 11.2 Å². The standard InChI is InChI=1S/C19H26N4O2/c1-3-16-5-7-17(8-6-16)19(25)23-13-11-22(12-14-23)15-18(24)21(2)10-4-9-20/h5-8H,3-4,10-15H2,1-2H3. The van der Waals surface area contributed by atoms with Crippen LogP contribution in [0.2, 0.25) is 0 Å². The third kappa shape index (κ3) is 5.30. The Labute approximate surface area is 149 Å². The van der Waals surface area contributed by atoms with Crippen molar-refractivity contribution < 1.29 is 9.59 Å². The van der Waals surface area contributed by atoms with Crippen molar-refractivity contribution in [2.24, 2.45) is 0 Å². The summed E-state index contributed by atoms with van der Waals surface area (Å²) in [5.74, 6) is 0.0740. The fourth-order valence-electron chi connectivity index (χ4n) is 2.83. The number of nitrogens with zero attached hydrogens (tertiary/aromatic N) is 4. The Morgan fingerprint density at radius 2 is 1.80 bits per heavy atom. The summed E-state index contributed by atoms with van der Waals surface area (Å²) in [4.78, 5) is 30.2. The molecule has 2 rings (SSSR count). The van der Waals surface area contributed by atoms with Crippen LogP contribution in [-0.4, -0.2) is 72.8 Å². The van der Waals surface area contributed by atoms with Gasteiger partial charge in [-0.2, -0.15) is 5.26 Å². The average molecular weight is 342 g/mol. The maximum Gasteiger partial charge on any atom is 0.253 e.